The number of carbonyl (C=O) groups excluding carboxylic acids is 1. The summed E-state index contributed by atoms with van der Waals surface area (Å²) in [4.78, 5) is 14.0. The SMILES string of the molecule is Cc1ccc(C)c(CC(=O)N(C)CCCCCBr)c1. The van der Waals surface area contributed by atoms with Crippen LogP contribution in [0.15, 0.2) is 18.2 Å². The van der Waals surface area contributed by atoms with Gasteiger partial charge in [-0.15, -0.1) is 0 Å². The van der Waals surface area contributed by atoms with Crippen molar-refractivity contribution < 1.29 is 4.79 Å². The summed E-state index contributed by atoms with van der Waals surface area (Å²) >= 11 is 3.42. The molecule has 0 heterocycles. The highest BCUT2D eigenvalue weighted by molar-refractivity contribution is 9.09. The van der Waals surface area contributed by atoms with E-state index in [-0.39, 0.29) is 5.91 Å². The van der Waals surface area contributed by atoms with Crippen molar-refractivity contribution in [2.45, 2.75) is 39.5 Å². The Morgan fingerprint density at radius 2 is 1.95 bits per heavy atom. The number of benzene rings is 1. The van der Waals surface area contributed by atoms with Crippen molar-refractivity contribution in [1.82, 2.24) is 4.90 Å². The monoisotopic (exact) mass is 325 g/mol. The van der Waals surface area contributed by atoms with E-state index in [1.807, 2.05) is 11.9 Å². The van der Waals surface area contributed by atoms with Crippen molar-refractivity contribution in [3.8, 4) is 0 Å². The Labute approximate surface area is 125 Å². The fourth-order valence-electron chi connectivity index (χ4n) is 2.03. The molecule has 0 bridgehead atoms. The Hall–Kier alpha value is -0.830. The van der Waals surface area contributed by atoms with Crippen LogP contribution in [0.4, 0.5) is 0 Å². The summed E-state index contributed by atoms with van der Waals surface area (Å²) in [6, 6.07) is 6.30. The molecule has 1 aromatic carbocycles. The molecule has 0 aliphatic heterocycles. The van der Waals surface area contributed by atoms with Crippen molar-refractivity contribution in [1.29, 1.82) is 0 Å². The quantitative estimate of drug-likeness (QED) is 0.550. The minimum absolute atomic E-state index is 0.215. The Kier molecular flexibility index (Phi) is 7.14. The summed E-state index contributed by atoms with van der Waals surface area (Å²) in [5.41, 5.74) is 3.57. The van der Waals surface area contributed by atoms with Crippen molar-refractivity contribution in [2.24, 2.45) is 0 Å². The third-order valence-corrected chi connectivity index (χ3v) is 3.96. The van der Waals surface area contributed by atoms with E-state index in [0.717, 1.165) is 23.9 Å². The minimum Gasteiger partial charge on any atom is -0.345 e. The van der Waals surface area contributed by atoms with Crippen LogP contribution in [0.5, 0.6) is 0 Å². The maximum Gasteiger partial charge on any atom is 0.226 e. The Morgan fingerprint density at radius 1 is 1.21 bits per heavy atom. The van der Waals surface area contributed by atoms with Gasteiger partial charge < -0.3 is 4.90 Å². The molecular weight excluding hydrogens is 302 g/mol. The lowest BCUT2D eigenvalue weighted by Gasteiger charge is -2.18. The molecule has 0 spiro atoms. The third kappa shape index (κ3) is 5.77. The van der Waals surface area contributed by atoms with Crippen LogP contribution in [-0.4, -0.2) is 29.7 Å². The summed E-state index contributed by atoms with van der Waals surface area (Å²) in [5.74, 6) is 0.215. The van der Waals surface area contributed by atoms with Crippen LogP contribution in [0.1, 0.15) is 36.0 Å². The van der Waals surface area contributed by atoms with Gasteiger partial charge in [0.1, 0.15) is 0 Å². The summed E-state index contributed by atoms with van der Waals surface area (Å²) in [6.45, 7) is 4.99. The zero-order chi connectivity index (χ0) is 14.3. The molecule has 0 radical (unpaired) electrons. The van der Waals surface area contributed by atoms with Crippen LogP contribution < -0.4 is 0 Å². The number of unbranched alkanes of at least 4 members (excludes halogenated alkanes) is 2. The van der Waals surface area contributed by atoms with E-state index < -0.39 is 0 Å². The van der Waals surface area contributed by atoms with Crippen LogP contribution in [-0.2, 0) is 11.2 Å². The van der Waals surface area contributed by atoms with Gasteiger partial charge in [0.15, 0.2) is 0 Å². The van der Waals surface area contributed by atoms with Crippen molar-refractivity contribution >= 4 is 21.8 Å². The molecule has 0 aromatic heterocycles. The first-order valence-corrected chi connectivity index (χ1v) is 8.03. The van der Waals surface area contributed by atoms with Gasteiger partial charge in [0.25, 0.3) is 0 Å². The van der Waals surface area contributed by atoms with Gasteiger partial charge in [0, 0.05) is 18.9 Å². The molecule has 1 aromatic rings. The second-order valence-corrected chi connectivity index (χ2v) is 5.96. The first-order chi connectivity index (χ1) is 9.04. The fraction of sp³-hybridized carbons (Fsp3) is 0.562. The molecule has 0 aliphatic carbocycles. The third-order valence-electron chi connectivity index (χ3n) is 3.40. The molecular formula is C16H24BrNO. The Morgan fingerprint density at radius 3 is 2.63 bits per heavy atom. The average molecular weight is 326 g/mol. The molecule has 0 atom stereocenters. The molecule has 0 aliphatic rings. The molecule has 1 amide bonds. The average Bonchev–Trinajstić information content (AvgIpc) is 2.38. The van der Waals surface area contributed by atoms with E-state index in [9.17, 15) is 4.79 Å². The zero-order valence-electron chi connectivity index (χ0n) is 12.2. The first-order valence-electron chi connectivity index (χ1n) is 6.90. The highest BCUT2D eigenvalue weighted by Gasteiger charge is 2.10. The van der Waals surface area contributed by atoms with Gasteiger partial charge in [-0.05, 0) is 37.8 Å². The van der Waals surface area contributed by atoms with Crippen LogP contribution in [0.3, 0.4) is 0 Å². The summed E-state index contributed by atoms with van der Waals surface area (Å²) in [6.07, 6.45) is 3.95. The molecule has 0 N–H and O–H groups in total. The van der Waals surface area contributed by atoms with Crippen molar-refractivity contribution in [3.05, 3.63) is 34.9 Å². The molecule has 19 heavy (non-hydrogen) atoms. The number of hydrogen-bond acceptors (Lipinski definition) is 1. The largest absolute Gasteiger partial charge is 0.345 e. The van der Waals surface area contributed by atoms with Crippen molar-refractivity contribution in [2.75, 3.05) is 18.9 Å². The van der Waals surface area contributed by atoms with E-state index >= 15 is 0 Å². The number of likely N-dealkylation sites (N-methyl/N-ethyl adjacent to an activating group) is 1. The number of hydrogen-bond donors (Lipinski definition) is 0. The van der Waals surface area contributed by atoms with Gasteiger partial charge in [0.05, 0.1) is 6.42 Å². The van der Waals surface area contributed by atoms with E-state index in [4.69, 9.17) is 0 Å². The number of aryl methyl sites for hydroxylation is 2. The highest BCUT2D eigenvalue weighted by atomic mass is 79.9. The minimum atomic E-state index is 0.215. The molecule has 1 rings (SSSR count). The van der Waals surface area contributed by atoms with Crippen LogP contribution in [0, 0.1) is 13.8 Å². The summed E-state index contributed by atoms with van der Waals surface area (Å²) in [5, 5.41) is 1.05. The standard InChI is InChI=1S/C16H24BrNO/c1-13-7-8-14(2)15(11-13)12-16(19)18(3)10-6-4-5-9-17/h7-8,11H,4-6,9-10,12H2,1-3H3. The van der Waals surface area contributed by atoms with Crippen LogP contribution in [0.2, 0.25) is 0 Å². The van der Waals surface area contributed by atoms with Gasteiger partial charge in [-0.3, -0.25) is 4.79 Å². The van der Waals surface area contributed by atoms with Crippen LogP contribution in [0.25, 0.3) is 0 Å². The molecule has 0 saturated heterocycles. The number of alkyl halides is 1. The highest BCUT2D eigenvalue weighted by Crippen LogP contribution is 2.12. The number of carbonyl (C=O) groups is 1. The van der Waals surface area contributed by atoms with Crippen molar-refractivity contribution in [3.63, 3.8) is 0 Å². The van der Waals surface area contributed by atoms with Gasteiger partial charge in [-0.25, -0.2) is 0 Å². The van der Waals surface area contributed by atoms with Crippen LogP contribution >= 0.6 is 15.9 Å². The fourth-order valence-corrected chi connectivity index (χ4v) is 2.43. The molecule has 0 fully saturated rings. The smallest absolute Gasteiger partial charge is 0.226 e. The number of nitrogens with zero attached hydrogens (tertiary/aromatic N) is 1. The lowest BCUT2D eigenvalue weighted by atomic mass is 10.0. The van der Waals surface area contributed by atoms with Gasteiger partial charge in [-0.1, -0.05) is 46.1 Å². The maximum absolute atomic E-state index is 12.2. The zero-order valence-corrected chi connectivity index (χ0v) is 13.8. The molecule has 0 saturated carbocycles. The van der Waals surface area contributed by atoms with E-state index in [1.165, 1.54) is 24.0 Å². The second-order valence-electron chi connectivity index (χ2n) is 5.17. The van der Waals surface area contributed by atoms with Gasteiger partial charge in [0.2, 0.25) is 5.91 Å². The molecule has 106 valence electrons. The Bertz CT molecular complexity index is 417. The predicted molar refractivity (Wildman–Crippen MR) is 84.9 cm³/mol. The predicted octanol–water partition coefficient (Wildman–Crippen LogP) is 3.87. The number of halogens is 1. The van der Waals surface area contributed by atoms with Gasteiger partial charge >= 0.3 is 0 Å². The number of amides is 1. The normalized spacial score (nSPS) is 10.5. The van der Waals surface area contributed by atoms with Gasteiger partial charge in [-0.2, -0.15) is 0 Å². The summed E-state index contributed by atoms with van der Waals surface area (Å²) < 4.78 is 0. The van der Waals surface area contributed by atoms with E-state index in [2.05, 4.69) is 48.0 Å². The van der Waals surface area contributed by atoms with E-state index in [0.29, 0.717) is 6.42 Å². The number of rotatable bonds is 7. The lowest BCUT2D eigenvalue weighted by Crippen LogP contribution is -2.29. The molecule has 2 nitrogen and oxygen atoms in total. The lowest BCUT2D eigenvalue weighted by molar-refractivity contribution is -0.129. The first kappa shape index (κ1) is 16.2. The maximum atomic E-state index is 12.2. The molecule has 0 unspecified atom stereocenters. The topological polar surface area (TPSA) is 20.3 Å². The molecule has 3 heteroatoms. The second kappa shape index (κ2) is 8.36. The Balaban J connectivity index is 2.47. The summed E-state index contributed by atoms with van der Waals surface area (Å²) in [7, 11) is 1.90. The van der Waals surface area contributed by atoms with E-state index in [1.54, 1.807) is 0 Å².